The molecule has 0 aliphatic heterocycles. The number of hydrogen-bond acceptors (Lipinski definition) is 2. The molecule has 0 radical (unpaired) electrons. The Morgan fingerprint density at radius 3 is 2.36 bits per heavy atom. The topological polar surface area (TPSA) is 24.7 Å². The van der Waals surface area contributed by atoms with E-state index in [1.165, 1.54) is 5.56 Å². The van der Waals surface area contributed by atoms with Crippen LogP contribution in [-0.4, -0.2) is 12.9 Å². The minimum absolute atomic E-state index is 0.832. The van der Waals surface area contributed by atoms with E-state index in [2.05, 4.69) is 16.7 Å². The van der Waals surface area contributed by atoms with Crippen molar-refractivity contribution in [1.82, 2.24) is 0 Å². The largest absolute Gasteiger partial charge is 0.262 e. The average molecular weight is 190 g/mol. The molecule has 0 bridgehead atoms. The minimum atomic E-state index is 0.832. The van der Waals surface area contributed by atoms with Crippen LogP contribution in [0.5, 0.6) is 0 Å². The molecule has 0 amide bonds. The van der Waals surface area contributed by atoms with Gasteiger partial charge in [0.15, 0.2) is 0 Å². The van der Waals surface area contributed by atoms with Gasteiger partial charge in [0.2, 0.25) is 0 Å². The van der Waals surface area contributed by atoms with Crippen LogP contribution >= 0.6 is 0 Å². The van der Waals surface area contributed by atoms with Crippen molar-refractivity contribution in [2.45, 2.75) is 27.7 Å². The van der Waals surface area contributed by atoms with Gasteiger partial charge in [-0.15, -0.1) is 0 Å². The summed E-state index contributed by atoms with van der Waals surface area (Å²) < 4.78 is 0. The molecule has 0 atom stereocenters. The summed E-state index contributed by atoms with van der Waals surface area (Å²) in [6.07, 6.45) is 1.75. The molecule has 0 spiro atoms. The molecule has 0 aliphatic rings. The van der Waals surface area contributed by atoms with Crippen molar-refractivity contribution in [3.63, 3.8) is 0 Å². The van der Waals surface area contributed by atoms with E-state index in [1.807, 2.05) is 45.9 Å². The Labute approximate surface area is 86.4 Å². The first-order valence-electron chi connectivity index (χ1n) is 4.84. The molecule has 1 aromatic carbocycles. The Bertz CT molecular complexity index is 314. The highest BCUT2D eigenvalue weighted by molar-refractivity contribution is 5.71. The van der Waals surface area contributed by atoms with E-state index >= 15 is 0 Å². The molecule has 0 aliphatic carbocycles. The van der Waals surface area contributed by atoms with Gasteiger partial charge in [-0.25, -0.2) is 0 Å². The monoisotopic (exact) mass is 190 g/mol. The van der Waals surface area contributed by atoms with Gasteiger partial charge in [-0.2, -0.15) is 0 Å². The third kappa shape index (κ3) is 3.52. The predicted octanol–water partition coefficient (Wildman–Crippen LogP) is 4.08. The summed E-state index contributed by atoms with van der Waals surface area (Å²) >= 11 is 0. The summed E-state index contributed by atoms with van der Waals surface area (Å²) in [6.45, 7) is 11.4. The molecule has 0 heterocycles. The van der Waals surface area contributed by atoms with Crippen molar-refractivity contribution in [1.29, 1.82) is 0 Å². The third-order valence-electron chi connectivity index (χ3n) is 1.57. The zero-order valence-electron chi connectivity index (χ0n) is 9.41. The molecule has 1 rings (SSSR count). The van der Waals surface area contributed by atoms with Crippen LogP contribution in [0.4, 0.5) is 11.4 Å². The summed E-state index contributed by atoms with van der Waals surface area (Å²) in [5.41, 5.74) is 2.90. The van der Waals surface area contributed by atoms with Crippen molar-refractivity contribution in [3.8, 4) is 0 Å². The van der Waals surface area contributed by atoms with Crippen molar-refractivity contribution in [2.24, 2.45) is 9.98 Å². The molecule has 76 valence electrons. The fraction of sp³-hybridized carbons (Fsp3) is 0.333. The summed E-state index contributed by atoms with van der Waals surface area (Å²) in [7, 11) is 0. The molecule has 0 saturated heterocycles. The fourth-order valence-electron chi connectivity index (χ4n) is 1.01. The van der Waals surface area contributed by atoms with Crippen LogP contribution < -0.4 is 0 Å². The summed E-state index contributed by atoms with van der Waals surface area (Å²) in [5.74, 6) is 0. The SMILES string of the molecule is C=Nc1ccc(C)cc1N=CC.CC. The van der Waals surface area contributed by atoms with Gasteiger partial charge in [-0.1, -0.05) is 19.9 Å². The zero-order chi connectivity index (χ0) is 11.0. The lowest BCUT2D eigenvalue weighted by Gasteiger charge is -1.99. The van der Waals surface area contributed by atoms with Crippen LogP contribution in [0.3, 0.4) is 0 Å². The predicted molar refractivity (Wildman–Crippen MR) is 65.6 cm³/mol. The van der Waals surface area contributed by atoms with Gasteiger partial charge in [0, 0.05) is 6.21 Å². The van der Waals surface area contributed by atoms with Gasteiger partial charge in [0.1, 0.15) is 0 Å². The maximum absolute atomic E-state index is 4.18. The highest BCUT2D eigenvalue weighted by Crippen LogP contribution is 2.27. The average Bonchev–Trinajstić information content (AvgIpc) is 2.22. The second-order valence-electron chi connectivity index (χ2n) is 2.54. The first-order chi connectivity index (χ1) is 6.77. The molecule has 14 heavy (non-hydrogen) atoms. The van der Waals surface area contributed by atoms with E-state index in [-0.39, 0.29) is 0 Å². The number of rotatable bonds is 2. The van der Waals surface area contributed by atoms with E-state index in [0.29, 0.717) is 0 Å². The lowest BCUT2D eigenvalue weighted by atomic mass is 10.2. The van der Waals surface area contributed by atoms with Crippen LogP contribution in [0.25, 0.3) is 0 Å². The van der Waals surface area contributed by atoms with Gasteiger partial charge in [0.05, 0.1) is 11.4 Å². The minimum Gasteiger partial charge on any atom is -0.262 e. The lowest BCUT2D eigenvalue weighted by molar-refractivity contribution is 1.40. The third-order valence-corrected chi connectivity index (χ3v) is 1.57. The first-order valence-corrected chi connectivity index (χ1v) is 4.84. The molecular formula is C12H18N2. The Morgan fingerprint density at radius 1 is 1.21 bits per heavy atom. The van der Waals surface area contributed by atoms with E-state index in [9.17, 15) is 0 Å². The highest BCUT2D eigenvalue weighted by atomic mass is 14.8. The van der Waals surface area contributed by atoms with Crippen LogP contribution in [-0.2, 0) is 0 Å². The van der Waals surface area contributed by atoms with Gasteiger partial charge < -0.3 is 0 Å². The fourth-order valence-corrected chi connectivity index (χ4v) is 1.01. The maximum atomic E-state index is 4.18. The number of nitrogens with zero attached hydrogens (tertiary/aromatic N) is 2. The van der Waals surface area contributed by atoms with Gasteiger partial charge >= 0.3 is 0 Å². The molecule has 2 heteroatoms. The smallest absolute Gasteiger partial charge is 0.0884 e. The maximum Gasteiger partial charge on any atom is 0.0884 e. The van der Waals surface area contributed by atoms with Gasteiger partial charge in [0.25, 0.3) is 0 Å². The second kappa shape index (κ2) is 7.01. The van der Waals surface area contributed by atoms with Crippen molar-refractivity contribution >= 4 is 24.3 Å². The molecule has 0 unspecified atom stereocenters. The van der Waals surface area contributed by atoms with Crippen LogP contribution in [0.2, 0.25) is 0 Å². The van der Waals surface area contributed by atoms with E-state index in [4.69, 9.17) is 0 Å². The van der Waals surface area contributed by atoms with E-state index < -0.39 is 0 Å². The Balaban J connectivity index is 0.000000791. The second-order valence-corrected chi connectivity index (χ2v) is 2.54. The molecule has 0 fully saturated rings. The summed E-state index contributed by atoms with van der Waals surface area (Å²) in [4.78, 5) is 8.05. The van der Waals surface area contributed by atoms with E-state index in [1.54, 1.807) is 6.21 Å². The van der Waals surface area contributed by atoms with Crippen LogP contribution in [0.1, 0.15) is 26.3 Å². The van der Waals surface area contributed by atoms with Crippen molar-refractivity contribution in [3.05, 3.63) is 23.8 Å². The molecule has 0 aromatic heterocycles. The van der Waals surface area contributed by atoms with Crippen molar-refractivity contribution in [2.75, 3.05) is 0 Å². The molecule has 0 N–H and O–H groups in total. The van der Waals surface area contributed by atoms with E-state index in [0.717, 1.165) is 11.4 Å². The van der Waals surface area contributed by atoms with Gasteiger partial charge in [-0.05, 0) is 38.3 Å². The van der Waals surface area contributed by atoms with Crippen molar-refractivity contribution < 1.29 is 0 Å². The number of benzene rings is 1. The lowest BCUT2D eigenvalue weighted by Crippen LogP contribution is -1.72. The molecule has 1 aromatic rings. The number of aliphatic imine (C=N–C) groups is 2. The first kappa shape index (κ1) is 12.6. The zero-order valence-corrected chi connectivity index (χ0v) is 9.41. The Hall–Kier alpha value is -1.44. The number of hydrogen-bond donors (Lipinski definition) is 0. The van der Waals surface area contributed by atoms with Gasteiger partial charge in [-0.3, -0.25) is 9.98 Å². The standard InChI is InChI=1S/C10H12N2.C2H6/c1-4-12-10-7-8(2)5-6-9(10)11-3;1-2/h4-7H,3H2,1-2H3;1-2H3. The molecular weight excluding hydrogens is 172 g/mol. The highest BCUT2D eigenvalue weighted by Gasteiger charge is 1.96. The molecule has 0 saturated carbocycles. The normalized spacial score (nSPS) is 9.43. The summed E-state index contributed by atoms with van der Waals surface area (Å²) in [6, 6.07) is 5.91. The van der Waals surface area contributed by atoms with Crippen LogP contribution in [0, 0.1) is 6.92 Å². The Kier molecular flexibility index (Phi) is 6.29. The quantitative estimate of drug-likeness (QED) is 0.628. The molecule has 2 nitrogen and oxygen atoms in total. The summed E-state index contributed by atoms with van der Waals surface area (Å²) in [5, 5.41) is 0. The Morgan fingerprint density at radius 2 is 1.86 bits per heavy atom. The van der Waals surface area contributed by atoms with Crippen LogP contribution in [0.15, 0.2) is 28.2 Å². The number of aryl methyl sites for hydroxylation is 1.